The lowest BCUT2D eigenvalue weighted by Crippen LogP contribution is -2.23. The highest BCUT2D eigenvalue weighted by Crippen LogP contribution is 2.17. The number of aryl methyl sites for hydroxylation is 2. The van der Waals surface area contributed by atoms with Gasteiger partial charge in [-0.1, -0.05) is 61.0 Å². The maximum atomic E-state index is 3.68. The van der Waals surface area contributed by atoms with Crippen LogP contribution >= 0.6 is 0 Å². The fourth-order valence-corrected chi connectivity index (χ4v) is 2.57. The van der Waals surface area contributed by atoms with E-state index in [1.54, 1.807) is 0 Å². The predicted octanol–water partition coefficient (Wildman–Crippen LogP) is 4.59. The SMILES string of the molecule is CCC(NCCc1ccccc1C)c1ccc(C)cc1. The molecular formula is C19H25N. The van der Waals surface area contributed by atoms with E-state index in [0.29, 0.717) is 6.04 Å². The molecule has 0 amide bonds. The molecule has 0 bridgehead atoms. The molecule has 0 aliphatic rings. The number of benzene rings is 2. The monoisotopic (exact) mass is 267 g/mol. The van der Waals surface area contributed by atoms with Gasteiger partial charge in [-0.3, -0.25) is 0 Å². The Morgan fingerprint density at radius 2 is 1.65 bits per heavy atom. The van der Waals surface area contributed by atoms with Crippen LogP contribution in [0.4, 0.5) is 0 Å². The number of nitrogens with one attached hydrogen (secondary N) is 1. The third kappa shape index (κ3) is 3.94. The Bertz CT molecular complexity index is 528. The minimum Gasteiger partial charge on any atom is -0.310 e. The zero-order valence-electron chi connectivity index (χ0n) is 12.8. The second kappa shape index (κ2) is 7.25. The molecule has 1 nitrogen and oxygen atoms in total. The van der Waals surface area contributed by atoms with Gasteiger partial charge in [0.1, 0.15) is 0 Å². The Hall–Kier alpha value is -1.60. The van der Waals surface area contributed by atoms with Crippen molar-refractivity contribution in [3.8, 4) is 0 Å². The van der Waals surface area contributed by atoms with Gasteiger partial charge in [0.15, 0.2) is 0 Å². The van der Waals surface area contributed by atoms with Crippen molar-refractivity contribution in [2.75, 3.05) is 6.54 Å². The van der Waals surface area contributed by atoms with Crippen LogP contribution in [0.1, 0.15) is 41.6 Å². The highest BCUT2D eigenvalue weighted by Gasteiger charge is 2.08. The molecule has 20 heavy (non-hydrogen) atoms. The van der Waals surface area contributed by atoms with Crippen molar-refractivity contribution in [2.45, 2.75) is 39.7 Å². The molecule has 0 spiro atoms. The van der Waals surface area contributed by atoms with Gasteiger partial charge in [-0.15, -0.1) is 0 Å². The maximum absolute atomic E-state index is 3.68. The van der Waals surface area contributed by atoms with Gasteiger partial charge in [-0.2, -0.15) is 0 Å². The van der Waals surface area contributed by atoms with Gasteiger partial charge in [0.05, 0.1) is 0 Å². The first-order chi connectivity index (χ1) is 9.70. The Kier molecular flexibility index (Phi) is 5.37. The van der Waals surface area contributed by atoms with Gasteiger partial charge in [0.2, 0.25) is 0 Å². The largest absolute Gasteiger partial charge is 0.310 e. The molecule has 0 saturated carbocycles. The first-order valence-electron chi connectivity index (χ1n) is 7.55. The number of hydrogen-bond acceptors (Lipinski definition) is 1. The zero-order chi connectivity index (χ0) is 14.4. The first kappa shape index (κ1) is 14.8. The molecule has 0 radical (unpaired) electrons. The second-order valence-corrected chi connectivity index (χ2v) is 5.50. The first-order valence-corrected chi connectivity index (χ1v) is 7.55. The lowest BCUT2D eigenvalue weighted by Gasteiger charge is -2.18. The van der Waals surface area contributed by atoms with Gasteiger partial charge >= 0.3 is 0 Å². The molecule has 0 aliphatic carbocycles. The standard InChI is InChI=1S/C19H25N/c1-4-19(18-11-9-15(2)10-12-18)20-14-13-17-8-6-5-7-16(17)3/h5-12,19-20H,4,13-14H2,1-3H3. The van der Waals surface area contributed by atoms with Crippen LogP contribution in [-0.4, -0.2) is 6.54 Å². The summed E-state index contributed by atoms with van der Waals surface area (Å²) in [6.07, 6.45) is 2.21. The summed E-state index contributed by atoms with van der Waals surface area (Å²) in [7, 11) is 0. The molecule has 0 saturated heterocycles. The molecular weight excluding hydrogens is 242 g/mol. The Morgan fingerprint density at radius 3 is 2.30 bits per heavy atom. The average molecular weight is 267 g/mol. The van der Waals surface area contributed by atoms with Crippen molar-refractivity contribution in [3.63, 3.8) is 0 Å². The van der Waals surface area contributed by atoms with Crippen LogP contribution in [0, 0.1) is 13.8 Å². The van der Waals surface area contributed by atoms with Gasteiger partial charge in [0, 0.05) is 6.04 Å². The molecule has 0 heterocycles. The fraction of sp³-hybridized carbons (Fsp3) is 0.368. The molecule has 2 aromatic carbocycles. The maximum Gasteiger partial charge on any atom is 0.0317 e. The van der Waals surface area contributed by atoms with Crippen LogP contribution in [0.5, 0.6) is 0 Å². The molecule has 2 aromatic rings. The molecule has 1 unspecified atom stereocenters. The van der Waals surface area contributed by atoms with E-state index in [4.69, 9.17) is 0 Å². The summed E-state index contributed by atoms with van der Waals surface area (Å²) in [6.45, 7) is 7.59. The normalized spacial score (nSPS) is 12.3. The molecule has 0 aromatic heterocycles. The van der Waals surface area contributed by atoms with Gasteiger partial charge in [0.25, 0.3) is 0 Å². The van der Waals surface area contributed by atoms with E-state index in [1.807, 2.05) is 0 Å². The Balaban J connectivity index is 1.91. The summed E-state index contributed by atoms with van der Waals surface area (Å²) in [6, 6.07) is 18.0. The minimum absolute atomic E-state index is 0.458. The number of hydrogen-bond donors (Lipinski definition) is 1. The van der Waals surface area contributed by atoms with E-state index in [-0.39, 0.29) is 0 Å². The second-order valence-electron chi connectivity index (χ2n) is 5.50. The highest BCUT2D eigenvalue weighted by atomic mass is 14.9. The predicted molar refractivity (Wildman–Crippen MR) is 87.1 cm³/mol. The van der Waals surface area contributed by atoms with Crippen molar-refractivity contribution in [3.05, 3.63) is 70.8 Å². The van der Waals surface area contributed by atoms with Crippen molar-refractivity contribution in [2.24, 2.45) is 0 Å². The molecule has 0 fully saturated rings. The lowest BCUT2D eigenvalue weighted by molar-refractivity contribution is 0.522. The van der Waals surface area contributed by atoms with Gasteiger partial charge in [-0.05, 0) is 49.9 Å². The average Bonchev–Trinajstić information content (AvgIpc) is 2.47. The quantitative estimate of drug-likeness (QED) is 0.807. The van der Waals surface area contributed by atoms with E-state index in [9.17, 15) is 0 Å². The van der Waals surface area contributed by atoms with Crippen molar-refractivity contribution in [1.82, 2.24) is 5.32 Å². The van der Waals surface area contributed by atoms with Crippen LogP contribution in [0.3, 0.4) is 0 Å². The molecule has 0 aliphatic heterocycles. The Morgan fingerprint density at radius 1 is 0.950 bits per heavy atom. The third-order valence-electron chi connectivity index (χ3n) is 3.93. The summed E-state index contributed by atoms with van der Waals surface area (Å²) in [5.41, 5.74) is 5.54. The molecule has 1 N–H and O–H groups in total. The molecule has 2 rings (SSSR count). The molecule has 1 heteroatoms. The minimum atomic E-state index is 0.458. The van der Waals surface area contributed by atoms with E-state index in [1.165, 1.54) is 22.3 Å². The van der Waals surface area contributed by atoms with Crippen LogP contribution in [0.25, 0.3) is 0 Å². The van der Waals surface area contributed by atoms with E-state index < -0.39 is 0 Å². The van der Waals surface area contributed by atoms with Crippen LogP contribution in [0.2, 0.25) is 0 Å². The lowest BCUT2D eigenvalue weighted by atomic mass is 10.0. The summed E-state index contributed by atoms with van der Waals surface area (Å²) in [4.78, 5) is 0. The van der Waals surface area contributed by atoms with Crippen LogP contribution < -0.4 is 5.32 Å². The smallest absolute Gasteiger partial charge is 0.0317 e. The summed E-state index contributed by atoms with van der Waals surface area (Å²) in [5, 5.41) is 3.68. The summed E-state index contributed by atoms with van der Waals surface area (Å²) >= 11 is 0. The van der Waals surface area contributed by atoms with E-state index >= 15 is 0 Å². The fourth-order valence-electron chi connectivity index (χ4n) is 2.57. The van der Waals surface area contributed by atoms with E-state index in [0.717, 1.165) is 19.4 Å². The van der Waals surface area contributed by atoms with Crippen LogP contribution in [-0.2, 0) is 6.42 Å². The summed E-state index contributed by atoms with van der Waals surface area (Å²) < 4.78 is 0. The van der Waals surface area contributed by atoms with Gasteiger partial charge < -0.3 is 5.32 Å². The molecule has 106 valence electrons. The number of rotatable bonds is 6. The highest BCUT2D eigenvalue weighted by molar-refractivity contribution is 5.26. The molecule has 1 atom stereocenters. The van der Waals surface area contributed by atoms with E-state index in [2.05, 4.69) is 74.6 Å². The van der Waals surface area contributed by atoms with Gasteiger partial charge in [-0.25, -0.2) is 0 Å². The third-order valence-corrected chi connectivity index (χ3v) is 3.93. The van der Waals surface area contributed by atoms with Crippen LogP contribution in [0.15, 0.2) is 48.5 Å². The summed E-state index contributed by atoms with van der Waals surface area (Å²) in [5.74, 6) is 0. The topological polar surface area (TPSA) is 12.0 Å². The Labute approximate surface area is 123 Å². The van der Waals surface area contributed by atoms with Crippen molar-refractivity contribution in [1.29, 1.82) is 0 Å². The van der Waals surface area contributed by atoms with Crippen molar-refractivity contribution < 1.29 is 0 Å². The van der Waals surface area contributed by atoms with Crippen molar-refractivity contribution >= 4 is 0 Å². The zero-order valence-corrected chi connectivity index (χ0v) is 12.8.